The highest BCUT2D eigenvalue weighted by Gasteiger charge is 2.17. The van der Waals surface area contributed by atoms with E-state index in [0.717, 1.165) is 6.20 Å². The summed E-state index contributed by atoms with van der Waals surface area (Å²) in [5, 5.41) is 0. The smallest absolute Gasteiger partial charge is 0.356 e. The molecule has 1 aromatic carbocycles. The van der Waals surface area contributed by atoms with Gasteiger partial charge in [-0.25, -0.2) is 22.9 Å². The number of benzene rings is 1. The number of amides is 1. The Morgan fingerprint density at radius 1 is 1.12 bits per heavy atom. The van der Waals surface area contributed by atoms with Gasteiger partial charge in [0.1, 0.15) is 23.8 Å². The number of para-hydroxylation sites is 1. The number of rotatable bonds is 8. The molecule has 8 nitrogen and oxygen atoms in total. The Morgan fingerprint density at radius 2 is 1.85 bits per heavy atom. The molecule has 0 aliphatic carbocycles. The molecule has 0 atom stereocenters. The summed E-state index contributed by atoms with van der Waals surface area (Å²) in [6, 6.07) is 11.3. The van der Waals surface area contributed by atoms with E-state index in [1.807, 2.05) is 10.8 Å². The number of hydrogen-bond acceptors (Lipinski definition) is 7. The highest BCUT2D eigenvalue weighted by atomic mass is 32.2. The first-order chi connectivity index (χ1) is 12.4. The molecule has 26 heavy (non-hydrogen) atoms. The Kier molecular flexibility index (Phi) is 6.67. The van der Waals surface area contributed by atoms with Crippen LogP contribution >= 0.6 is 0 Å². The van der Waals surface area contributed by atoms with E-state index in [-0.39, 0.29) is 30.2 Å². The van der Waals surface area contributed by atoms with E-state index in [1.165, 1.54) is 12.1 Å². The number of hydrogen-bond donors (Lipinski definition) is 1. The third kappa shape index (κ3) is 5.85. The van der Waals surface area contributed by atoms with Crippen LogP contribution in [-0.2, 0) is 14.8 Å². The molecule has 0 bridgehead atoms. The van der Waals surface area contributed by atoms with E-state index in [2.05, 4.69) is 4.98 Å². The molecular formula is C17H18N2O6S. The van der Waals surface area contributed by atoms with Crippen molar-refractivity contribution in [1.82, 2.24) is 9.71 Å². The molecule has 1 N–H and O–H groups in total. The first-order valence-corrected chi connectivity index (χ1v) is 9.42. The van der Waals surface area contributed by atoms with Gasteiger partial charge in [0.15, 0.2) is 0 Å². The lowest BCUT2D eigenvalue weighted by Gasteiger charge is -2.08. The largest absolute Gasteiger partial charge is 0.492 e. The summed E-state index contributed by atoms with van der Waals surface area (Å²) in [5.41, 5.74) is 0.0353. The number of pyridine rings is 1. The van der Waals surface area contributed by atoms with Crippen molar-refractivity contribution in [1.29, 1.82) is 0 Å². The third-order valence-electron chi connectivity index (χ3n) is 3.12. The Labute approximate surface area is 151 Å². The van der Waals surface area contributed by atoms with Crippen molar-refractivity contribution < 1.29 is 27.5 Å². The Hall–Kier alpha value is -2.94. The zero-order valence-electron chi connectivity index (χ0n) is 14.0. The summed E-state index contributed by atoms with van der Waals surface area (Å²) < 4.78 is 35.9. The number of nitrogens with zero attached hydrogens (tertiary/aromatic N) is 1. The van der Waals surface area contributed by atoms with Gasteiger partial charge in [-0.1, -0.05) is 18.2 Å². The monoisotopic (exact) mass is 378 g/mol. The van der Waals surface area contributed by atoms with Gasteiger partial charge in [0.25, 0.3) is 5.91 Å². The lowest BCUT2D eigenvalue weighted by molar-refractivity contribution is 0.0519. The molecule has 2 aromatic rings. The quantitative estimate of drug-likeness (QED) is 0.691. The predicted molar refractivity (Wildman–Crippen MR) is 93.4 cm³/mol. The molecule has 138 valence electrons. The van der Waals surface area contributed by atoms with Gasteiger partial charge in [0.2, 0.25) is 10.0 Å². The standard InChI is InChI=1S/C17H18N2O6S/c1-2-24-17(21)15-9-8-13(12-18-15)16(20)19-26(22,23)11-10-25-14-6-4-3-5-7-14/h3-9,12H,2,10-11H2,1H3,(H,19,20). The summed E-state index contributed by atoms with van der Waals surface area (Å²) in [5.74, 6) is -1.31. The lowest BCUT2D eigenvalue weighted by atomic mass is 10.2. The predicted octanol–water partition coefficient (Wildman–Crippen LogP) is 1.40. The SMILES string of the molecule is CCOC(=O)c1ccc(C(=O)NS(=O)(=O)CCOc2ccccc2)cn1. The van der Waals surface area contributed by atoms with Gasteiger partial charge in [-0.2, -0.15) is 0 Å². The van der Waals surface area contributed by atoms with Crippen LogP contribution in [-0.4, -0.2) is 44.2 Å². The molecular weight excluding hydrogens is 360 g/mol. The van der Waals surface area contributed by atoms with Crippen LogP contribution in [0.15, 0.2) is 48.7 Å². The molecule has 0 unspecified atom stereocenters. The van der Waals surface area contributed by atoms with Crippen molar-refractivity contribution in [3.05, 3.63) is 59.9 Å². The fourth-order valence-electron chi connectivity index (χ4n) is 1.89. The van der Waals surface area contributed by atoms with Crippen LogP contribution < -0.4 is 9.46 Å². The average Bonchev–Trinajstić information content (AvgIpc) is 2.62. The van der Waals surface area contributed by atoms with Gasteiger partial charge in [0, 0.05) is 6.20 Å². The van der Waals surface area contributed by atoms with Gasteiger partial charge in [-0.15, -0.1) is 0 Å². The van der Waals surface area contributed by atoms with Crippen molar-refractivity contribution in [3.8, 4) is 5.75 Å². The zero-order valence-corrected chi connectivity index (χ0v) is 14.9. The number of sulfonamides is 1. The fraction of sp³-hybridized carbons (Fsp3) is 0.235. The second kappa shape index (κ2) is 8.95. The van der Waals surface area contributed by atoms with Crippen molar-refractivity contribution in [2.75, 3.05) is 19.0 Å². The normalized spacial score (nSPS) is 10.8. The molecule has 0 saturated carbocycles. The van der Waals surface area contributed by atoms with Gasteiger partial charge >= 0.3 is 5.97 Å². The number of carbonyl (C=O) groups excluding carboxylic acids is 2. The Bertz CT molecular complexity index is 851. The van der Waals surface area contributed by atoms with Gasteiger partial charge in [-0.05, 0) is 31.2 Å². The van der Waals surface area contributed by atoms with Crippen molar-refractivity contribution in [3.63, 3.8) is 0 Å². The van der Waals surface area contributed by atoms with E-state index >= 15 is 0 Å². The molecule has 0 radical (unpaired) electrons. The molecule has 0 fully saturated rings. The molecule has 1 amide bonds. The highest BCUT2D eigenvalue weighted by Crippen LogP contribution is 2.08. The van der Waals surface area contributed by atoms with Crippen molar-refractivity contribution >= 4 is 21.9 Å². The minimum atomic E-state index is -3.88. The second-order valence-corrected chi connectivity index (χ2v) is 6.91. The topological polar surface area (TPSA) is 112 Å². The van der Waals surface area contributed by atoms with Crippen LogP contribution in [0.1, 0.15) is 27.8 Å². The maximum atomic E-state index is 12.0. The summed E-state index contributed by atoms with van der Waals surface area (Å²) in [7, 11) is -3.88. The average molecular weight is 378 g/mol. The summed E-state index contributed by atoms with van der Waals surface area (Å²) >= 11 is 0. The van der Waals surface area contributed by atoms with Crippen LogP contribution in [0.2, 0.25) is 0 Å². The highest BCUT2D eigenvalue weighted by molar-refractivity contribution is 7.90. The van der Waals surface area contributed by atoms with E-state index in [9.17, 15) is 18.0 Å². The molecule has 0 aliphatic rings. The fourth-order valence-corrected chi connectivity index (χ4v) is 2.70. The van der Waals surface area contributed by atoms with E-state index in [1.54, 1.807) is 31.2 Å². The zero-order chi connectivity index (χ0) is 19.0. The minimum absolute atomic E-state index is 0.00519. The second-order valence-electron chi connectivity index (χ2n) is 5.06. The molecule has 0 aliphatic heterocycles. The van der Waals surface area contributed by atoms with Crippen LogP contribution in [0.5, 0.6) is 5.75 Å². The summed E-state index contributed by atoms with van der Waals surface area (Å²) in [6.45, 7) is 1.75. The third-order valence-corrected chi connectivity index (χ3v) is 4.32. The molecule has 0 saturated heterocycles. The van der Waals surface area contributed by atoms with Gasteiger partial charge in [0.05, 0.1) is 12.2 Å². The summed E-state index contributed by atoms with van der Waals surface area (Å²) in [4.78, 5) is 27.3. The number of esters is 1. The molecule has 1 heterocycles. The Morgan fingerprint density at radius 3 is 2.46 bits per heavy atom. The Balaban J connectivity index is 1.89. The maximum absolute atomic E-state index is 12.0. The molecule has 1 aromatic heterocycles. The van der Waals surface area contributed by atoms with Crippen molar-refractivity contribution in [2.24, 2.45) is 0 Å². The van der Waals surface area contributed by atoms with E-state index in [4.69, 9.17) is 9.47 Å². The van der Waals surface area contributed by atoms with Crippen LogP contribution in [0.25, 0.3) is 0 Å². The number of aromatic nitrogens is 1. The number of carbonyl (C=O) groups is 2. The van der Waals surface area contributed by atoms with Crippen LogP contribution in [0.3, 0.4) is 0 Å². The van der Waals surface area contributed by atoms with Crippen LogP contribution in [0.4, 0.5) is 0 Å². The van der Waals surface area contributed by atoms with Crippen molar-refractivity contribution in [2.45, 2.75) is 6.92 Å². The maximum Gasteiger partial charge on any atom is 0.356 e. The molecule has 0 spiro atoms. The lowest BCUT2D eigenvalue weighted by Crippen LogP contribution is -2.34. The summed E-state index contributed by atoms with van der Waals surface area (Å²) in [6.07, 6.45) is 1.11. The van der Waals surface area contributed by atoms with Gasteiger partial charge in [-0.3, -0.25) is 4.79 Å². The molecule has 2 rings (SSSR count). The van der Waals surface area contributed by atoms with Crippen LogP contribution in [0, 0.1) is 0 Å². The minimum Gasteiger partial charge on any atom is -0.492 e. The first kappa shape index (κ1) is 19.4. The number of nitrogens with one attached hydrogen (secondary N) is 1. The van der Waals surface area contributed by atoms with E-state index in [0.29, 0.717) is 5.75 Å². The van der Waals surface area contributed by atoms with E-state index < -0.39 is 21.9 Å². The number of ether oxygens (including phenoxy) is 2. The van der Waals surface area contributed by atoms with Gasteiger partial charge < -0.3 is 9.47 Å². The first-order valence-electron chi connectivity index (χ1n) is 7.77. The molecule has 9 heteroatoms.